The molecule has 2 N–H and O–H groups in total. The second-order valence-electron chi connectivity index (χ2n) is 4.14. The Morgan fingerprint density at radius 2 is 1.95 bits per heavy atom. The van der Waals surface area contributed by atoms with E-state index in [-0.39, 0.29) is 17.1 Å². The molecule has 0 fully saturated rings. The first-order valence-electron chi connectivity index (χ1n) is 5.79. The van der Waals surface area contributed by atoms with Crippen LogP contribution in [-0.4, -0.2) is 10.1 Å². The van der Waals surface area contributed by atoms with Gasteiger partial charge in [0.25, 0.3) is 5.89 Å². The van der Waals surface area contributed by atoms with Crippen LogP contribution in [0.1, 0.15) is 0 Å². The summed E-state index contributed by atoms with van der Waals surface area (Å²) in [7, 11) is 0. The third-order valence-electron chi connectivity index (χ3n) is 2.77. The number of nitrogen functional groups attached to an aromatic ring is 1. The van der Waals surface area contributed by atoms with E-state index in [0.717, 1.165) is 0 Å². The van der Waals surface area contributed by atoms with Crippen molar-refractivity contribution in [2.75, 3.05) is 5.73 Å². The number of nitrogens with two attached hydrogens (primary N) is 1. The Hall–Kier alpha value is -2.40. The average Bonchev–Trinajstić information content (AvgIpc) is 2.88. The Morgan fingerprint density at radius 3 is 2.70 bits per heavy atom. The molecule has 0 saturated heterocycles. The van der Waals surface area contributed by atoms with Crippen LogP contribution in [0.5, 0.6) is 0 Å². The standard InChI is InChI=1S/C14H9ClFN3O/c15-9-4-1-3-8(7-9)13-18-14(20-19-13)12-10(16)5-2-6-11(12)17/h1-7H,17H2. The van der Waals surface area contributed by atoms with Crippen molar-refractivity contribution in [2.45, 2.75) is 0 Å². The summed E-state index contributed by atoms with van der Waals surface area (Å²) in [6, 6.07) is 11.4. The topological polar surface area (TPSA) is 64.9 Å². The Morgan fingerprint density at radius 1 is 1.15 bits per heavy atom. The molecule has 3 aromatic rings. The average molecular weight is 290 g/mol. The lowest BCUT2D eigenvalue weighted by molar-refractivity contribution is 0.430. The minimum Gasteiger partial charge on any atom is -0.398 e. The number of nitrogens with zero attached hydrogens (tertiary/aromatic N) is 2. The Kier molecular flexibility index (Phi) is 3.12. The number of aromatic nitrogens is 2. The van der Waals surface area contributed by atoms with Crippen molar-refractivity contribution in [3.63, 3.8) is 0 Å². The zero-order chi connectivity index (χ0) is 14.1. The molecule has 3 rings (SSSR count). The summed E-state index contributed by atoms with van der Waals surface area (Å²) in [5, 5.41) is 4.37. The van der Waals surface area contributed by atoms with Crippen LogP contribution in [0.15, 0.2) is 47.0 Å². The monoisotopic (exact) mass is 289 g/mol. The smallest absolute Gasteiger partial charge is 0.263 e. The van der Waals surface area contributed by atoms with Gasteiger partial charge in [-0.25, -0.2) is 4.39 Å². The lowest BCUT2D eigenvalue weighted by atomic mass is 10.1. The highest BCUT2D eigenvalue weighted by atomic mass is 35.5. The maximum atomic E-state index is 13.8. The molecule has 0 unspecified atom stereocenters. The molecule has 20 heavy (non-hydrogen) atoms. The van der Waals surface area contributed by atoms with Gasteiger partial charge < -0.3 is 10.3 Å². The molecule has 0 aliphatic heterocycles. The minimum atomic E-state index is -0.508. The van der Waals surface area contributed by atoms with Gasteiger partial charge in [-0.3, -0.25) is 0 Å². The minimum absolute atomic E-state index is 0.0376. The largest absolute Gasteiger partial charge is 0.398 e. The number of hydrogen-bond donors (Lipinski definition) is 1. The summed E-state index contributed by atoms with van der Waals surface area (Å²) in [5.74, 6) is -0.146. The van der Waals surface area contributed by atoms with E-state index in [9.17, 15) is 4.39 Å². The van der Waals surface area contributed by atoms with Crippen LogP contribution < -0.4 is 5.73 Å². The van der Waals surface area contributed by atoms with Gasteiger partial charge in [0.05, 0.1) is 5.56 Å². The van der Waals surface area contributed by atoms with Gasteiger partial charge in [0.2, 0.25) is 5.82 Å². The maximum absolute atomic E-state index is 13.8. The third kappa shape index (κ3) is 2.23. The van der Waals surface area contributed by atoms with Crippen LogP contribution in [0, 0.1) is 5.82 Å². The van der Waals surface area contributed by atoms with Gasteiger partial charge in [-0.05, 0) is 24.3 Å². The van der Waals surface area contributed by atoms with Crippen molar-refractivity contribution in [1.82, 2.24) is 10.1 Å². The van der Waals surface area contributed by atoms with E-state index in [4.69, 9.17) is 21.9 Å². The van der Waals surface area contributed by atoms with E-state index < -0.39 is 5.82 Å². The van der Waals surface area contributed by atoms with Gasteiger partial charge in [0, 0.05) is 16.3 Å². The Bertz CT molecular complexity index is 752. The number of halogens is 2. The Labute approximate surface area is 119 Å². The molecule has 0 aliphatic carbocycles. The fourth-order valence-corrected chi connectivity index (χ4v) is 2.03. The zero-order valence-electron chi connectivity index (χ0n) is 10.2. The zero-order valence-corrected chi connectivity index (χ0v) is 10.9. The maximum Gasteiger partial charge on any atom is 0.263 e. The first-order chi connectivity index (χ1) is 9.65. The van der Waals surface area contributed by atoms with Gasteiger partial charge in [0.1, 0.15) is 5.82 Å². The van der Waals surface area contributed by atoms with Crippen molar-refractivity contribution >= 4 is 17.3 Å². The van der Waals surface area contributed by atoms with E-state index in [1.54, 1.807) is 30.3 Å². The second-order valence-corrected chi connectivity index (χ2v) is 4.57. The van der Waals surface area contributed by atoms with Gasteiger partial charge in [-0.1, -0.05) is 35.0 Å². The number of rotatable bonds is 2. The highest BCUT2D eigenvalue weighted by Crippen LogP contribution is 2.29. The lowest BCUT2D eigenvalue weighted by Crippen LogP contribution is -1.93. The van der Waals surface area contributed by atoms with Gasteiger partial charge >= 0.3 is 0 Å². The Balaban J connectivity index is 2.07. The fourth-order valence-electron chi connectivity index (χ4n) is 1.84. The predicted molar refractivity (Wildman–Crippen MR) is 74.6 cm³/mol. The van der Waals surface area contributed by atoms with Crippen LogP contribution in [-0.2, 0) is 0 Å². The predicted octanol–water partition coefficient (Wildman–Crippen LogP) is 3.78. The molecule has 100 valence electrons. The summed E-state index contributed by atoms with van der Waals surface area (Å²) in [6.45, 7) is 0. The molecule has 6 heteroatoms. The van der Waals surface area contributed by atoms with Crippen LogP contribution in [0.25, 0.3) is 22.8 Å². The van der Waals surface area contributed by atoms with E-state index >= 15 is 0 Å². The molecule has 0 amide bonds. The summed E-state index contributed by atoms with van der Waals surface area (Å²) >= 11 is 5.90. The van der Waals surface area contributed by atoms with E-state index in [0.29, 0.717) is 16.4 Å². The van der Waals surface area contributed by atoms with Crippen LogP contribution in [0.3, 0.4) is 0 Å². The van der Waals surface area contributed by atoms with Crippen molar-refractivity contribution < 1.29 is 8.91 Å². The molecule has 1 heterocycles. The number of benzene rings is 2. The van der Waals surface area contributed by atoms with Crippen LogP contribution >= 0.6 is 11.6 Å². The van der Waals surface area contributed by atoms with Crippen LogP contribution in [0.4, 0.5) is 10.1 Å². The van der Waals surface area contributed by atoms with Crippen LogP contribution in [0.2, 0.25) is 5.02 Å². The number of anilines is 1. The molecule has 0 saturated carbocycles. The van der Waals surface area contributed by atoms with Crippen molar-refractivity contribution in [1.29, 1.82) is 0 Å². The molecule has 0 spiro atoms. The van der Waals surface area contributed by atoms with E-state index in [1.165, 1.54) is 12.1 Å². The highest BCUT2D eigenvalue weighted by molar-refractivity contribution is 6.30. The first-order valence-corrected chi connectivity index (χ1v) is 6.17. The summed E-state index contributed by atoms with van der Waals surface area (Å²) in [5.41, 5.74) is 6.77. The van der Waals surface area contributed by atoms with Crippen molar-refractivity contribution in [3.05, 3.63) is 53.3 Å². The first kappa shape index (κ1) is 12.6. The van der Waals surface area contributed by atoms with Crippen molar-refractivity contribution in [3.8, 4) is 22.8 Å². The molecule has 0 radical (unpaired) electrons. The quantitative estimate of drug-likeness (QED) is 0.729. The third-order valence-corrected chi connectivity index (χ3v) is 3.00. The molecule has 4 nitrogen and oxygen atoms in total. The lowest BCUT2D eigenvalue weighted by Gasteiger charge is -2.00. The highest BCUT2D eigenvalue weighted by Gasteiger charge is 2.17. The SMILES string of the molecule is Nc1cccc(F)c1-c1nc(-c2cccc(Cl)c2)no1. The molecular formula is C14H9ClFN3O. The molecule has 0 bridgehead atoms. The molecule has 0 atom stereocenters. The van der Waals surface area contributed by atoms with Gasteiger partial charge in [0.15, 0.2) is 0 Å². The summed E-state index contributed by atoms with van der Waals surface area (Å²) in [4.78, 5) is 4.16. The second kappa shape index (κ2) is 4.94. The molecular weight excluding hydrogens is 281 g/mol. The fraction of sp³-hybridized carbons (Fsp3) is 0. The van der Waals surface area contributed by atoms with E-state index in [1.807, 2.05) is 0 Å². The summed E-state index contributed by atoms with van der Waals surface area (Å²) in [6.07, 6.45) is 0. The molecule has 0 aliphatic rings. The van der Waals surface area contributed by atoms with Gasteiger partial charge in [-0.15, -0.1) is 0 Å². The summed E-state index contributed by atoms with van der Waals surface area (Å²) < 4.78 is 18.9. The van der Waals surface area contributed by atoms with Gasteiger partial charge in [-0.2, -0.15) is 4.98 Å². The van der Waals surface area contributed by atoms with Crippen molar-refractivity contribution in [2.24, 2.45) is 0 Å². The number of hydrogen-bond acceptors (Lipinski definition) is 4. The molecule has 2 aromatic carbocycles. The van der Waals surface area contributed by atoms with E-state index in [2.05, 4.69) is 10.1 Å². The molecule has 1 aromatic heterocycles. The normalized spacial score (nSPS) is 10.7.